The van der Waals surface area contributed by atoms with Gasteiger partial charge in [-0.25, -0.2) is 14.7 Å². The Morgan fingerprint density at radius 2 is 2.13 bits per heavy atom. The van der Waals surface area contributed by atoms with Crippen LogP contribution in [0.4, 0.5) is 33.6 Å². The van der Waals surface area contributed by atoms with E-state index in [1.165, 1.54) is 18.5 Å². The Bertz CT molecular complexity index is 1160. The number of nitrogens with one attached hydrogen (secondary N) is 2. The second kappa shape index (κ2) is 7.56. The number of urea groups is 1. The summed E-state index contributed by atoms with van der Waals surface area (Å²) in [6, 6.07) is 7.12. The van der Waals surface area contributed by atoms with Crippen LogP contribution < -0.4 is 15.5 Å². The zero-order chi connectivity index (χ0) is 21.4. The number of amides is 3. The van der Waals surface area contributed by atoms with Crippen LogP contribution in [0, 0.1) is 0 Å². The second-order valence-corrected chi connectivity index (χ2v) is 7.30. The first kappa shape index (κ1) is 18.8. The van der Waals surface area contributed by atoms with Crippen molar-refractivity contribution in [1.82, 2.24) is 20.0 Å². The first-order chi connectivity index (χ1) is 15.1. The third kappa shape index (κ3) is 3.70. The van der Waals surface area contributed by atoms with E-state index in [0.717, 1.165) is 18.4 Å². The maximum atomic E-state index is 13.4. The van der Waals surface area contributed by atoms with Crippen molar-refractivity contribution < 1.29 is 14.1 Å². The average Bonchev–Trinajstić information content (AvgIpc) is 3.49. The van der Waals surface area contributed by atoms with Crippen LogP contribution in [0.15, 0.2) is 60.1 Å². The van der Waals surface area contributed by atoms with Crippen LogP contribution in [0.2, 0.25) is 0 Å². The van der Waals surface area contributed by atoms with Crippen molar-refractivity contribution in [3.63, 3.8) is 0 Å². The molecule has 0 spiro atoms. The van der Waals surface area contributed by atoms with Crippen molar-refractivity contribution in [2.75, 3.05) is 15.5 Å². The minimum Gasteiger partial charge on any atom is -0.363 e. The predicted molar refractivity (Wildman–Crippen MR) is 113 cm³/mol. The number of rotatable bonds is 6. The molecule has 5 rings (SSSR count). The van der Waals surface area contributed by atoms with Gasteiger partial charge in [0, 0.05) is 23.5 Å². The molecule has 0 saturated heterocycles. The number of fused-ring (bicyclic) bond motifs is 1. The predicted octanol–water partition coefficient (Wildman–Crippen LogP) is 3.57. The number of benzene rings is 1. The summed E-state index contributed by atoms with van der Waals surface area (Å²) in [7, 11) is 0. The monoisotopic (exact) mass is 417 g/mol. The van der Waals surface area contributed by atoms with E-state index in [-0.39, 0.29) is 18.0 Å². The molecule has 1 aromatic carbocycles. The molecule has 10 heteroatoms. The number of anilines is 5. The van der Waals surface area contributed by atoms with E-state index in [1.807, 2.05) is 4.90 Å². The molecular formula is C21H19N7O3. The van der Waals surface area contributed by atoms with E-state index in [1.54, 1.807) is 35.4 Å². The quantitative estimate of drug-likeness (QED) is 0.589. The molecule has 2 aromatic heterocycles. The first-order valence-electron chi connectivity index (χ1n) is 9.79. The molecule has 0 radical (unpaired) electrons. The van der Waals surface area contributed by atoms with Crippen LogP contribution in [-0.4, -0.2) is 38.0 Å². The van der Waals surface area contributed by atoms with Gasteiger partial charge >= 0.3 is 6.03 Å². The summed E-state index contributed by atoms with van der Waals surface area (Å²) in [5.74, 6) is 0.475. The molecule has 0 bridgehead atoms. The lowest BCUT2D eigenvalue weighted by atomic mass is 10.1. The molecule has 0 atom stereocenters. The smallest absolute Gasteiger partial charge is 0.330 e. The highest BCUT2D eigenvalue weighted by Gasteiger charge is 2.41. The maximum Gasteiger partial charge on any atom is 0.330 e. The molecule has 31 heavy (non-hydrogen) atoms. The Balaban J connectivity index is 1.55. The lowest BCUT2D eigenvalue weighted by molar-refractivity contribution is -0.111. The molecule has 3 aromatic rings. The Morgan fingerprint density at radius 3 is 2.87 bits per heavy atom. The summed E-state index contributed by atoms with van der Waals surface area (Å²) in [6.07, 6.45) is 7.82. The number of aromatic nitrogens is 3. The van der Waals surface area contributed by atoms with Gasteiger partial charge in [-0.15, -0.1) is 0 Å². The van der Waals surface area contributed by atoms with Crippen LogP contribution in [0.3, 0.4) is 0 Å². The van der Waals surface area contributed by atoms with Gasteiger partial charge < -0.3 is 20.1 Å². The van der Waals surface area contributed by atoms with Crippen molar-refractivity contribution in [3.05, 3.63) is 61.1 Å². The minimum atomic E-state index is -0.329. The molecule has 2 aliphatic rings. The summed E-state index contributed by atoms with van der Waals surface area (Å²) < 4.78 is 4.83. The standard InChI is InChI=1S/C21H19N7O3/c1-2-18(29)24-14-4-3-5-17(8-14)28-19-13(11-27(21(28)30)16-6-7-16)9-22-20(26-19)25-15-10-23-31-12-15/h2-5,8-10,12,16H,1,6-7,11H2,(H,24,29)(H,22,25,26). The molecule has 3 amide bonds. The molecule has 1 fully saturated rings. The van der Waals surface area contributed by atoms with E-state index in [0.29, 0.717) is 35.4 Å². The fraction of sp³-hybridized carbons (Fsp3) is 0.190. The normalized spacial score (nSPS) is 15.4. The summed E-state index contributed by atoms with van der Waals surface area (Å²) >= 11 is 0. The SMILES string of the molecule is C=CC(=O)Nc1cccc(N2C(=O)N(C3CC3)Cc3cnc(Nc4cnoc4)nc32)c1. The number of hydrogen-bond acceptors (Lipinski definition) is 7. The number of nitrogens with zero attached hydrogens (tertiary/aromatic N) is 5. The largest absolute Gasteiger partial charge is 0.363 e. The maximum absolute atomic E-state index is 13.4. The molecule has 10 nitrogen and oxygen atoms in total. The van der Waals surface area contributed by atoms with Crippen LogP contribution in [0.5, 0.6) is 0 Å². The molecular weight excluding hydrogens is 398 g/mol. The number of carbonyl (C=O) groups is 2. The van der Waals surface area contributed by atoms with E-state index >= 15 is 0 Å². The molecule has 1 saturated carbocycles. The van der Waals surface area contributed by atoms with Crippen molar-refractivity contribution in [3.8, 4) is 0 Å². The Hall–Kier alpha value is -4.21. The highest BCUT2D eigenvalue weighted by molar-refractivity contribution is 6.03. The third-order valence-electron chi connectivity index (χ3n) is 5.06. The fourth-order valence-corrected chi connectivity index (χ4v) is 3.45. The van der Waals surface area contributed by atoms with Crippen LogP contribution >= 0.6 is 0 Å². The fourth-order valence-electron chi connectivity index (χ4n) is 3.45. The Labute approximate surface area is 177 Å². The Kier molecular flexibility index (Phi) is 4.58. The summed E-state index contributed by atoms with van der Waals surface area (Å²) in [5.41, 5.74) is 2.58. The minimum absolute atomic E-state index is 0.156. The van der Waals surface area contributed by atoms with Crippen LogP contribution in [0.1, 0.15) is 18.4 Å². The van der Waals surface area contributed by atoms with E-state index in [2.05, 4.69) is 32.3 Å². The zero-order valence-corrected chi connectivity index (χ0v) is 16.5. The lowest BCUT2D eigenvalue weighted by Gasteiger charge is -2.36. The summed E-state index contributed by atoms with van der Waals surface area (Å²) in [4.78, 5) is 37.5. The highest BCUT2D eigenvalue weighted by Crippen LogP contribution is 2.39. The van der Waals surface area contributed by atoms with Gasteiger partial charge in [0.2, 0.25) is 11.9 Å². The van der Waals surface area contributed by atoms with Gasteiger partial charge in [-0.1, -0.05) is 17.8 Å². The molecule has 156 valence electrons. The van der Waals surface area contributed by atoms with Gasteiger partial charge in [-0.2, -0.15) is 4.98 Å². The molecule has 3 heterocycles. The van der Waals surface area contributed by atoms with Gasteiger partial charge in [-0.05, 0) is 37.1 Å². The van der Waals surface area contributed by atoms with Crippen molar-refractivity contribution in [1.29, 1.82) is 0 Å². The number of carbonyl (C=O) groups excluding carboxylic acids is 2. The van der Waals surface area contributed by atoms with Crippen molar-refractivity contribution >= 4 is 40.8 Å². The number of hydrogen-bond donors (Lipinski definition) is 2. The van der Waals surface area contributed by atoms with Crippen molar-refractivity contribution in [2.24, 2.45) is 0 Å². The molecule has 1 aliphatic heterocycles. The highest BCUT2D eigenvalue weighted by atomic mass is 16.5. The van der Waals surface area contributed by atoms with Gasteiger partial charge in [0.15, 0.2) is 5.82 Å². The summed E-state index contributed by atoms with van der Waals surface area (Å²) in [6.45, 7) is 3.92. The topological polar surface area (TPSA) is 116 Å². The van der Waals surface area contributed by atoms with E-state index < -0.39 is 0 Å². The molecule has 0 unspecified atom stereocenters. The van der Waals surface area contributed by atoms with E-state index in [9.17, 15) is 9.59 Å². The van der Waals surface area contributed by atoms with E-state index in [4.69, 9.17) is 4.52 Å². The zero-order valence-electron chi connectivity index (χ0n) is 16.5. The molecule has 1 aliphatic carbocycles. The van der Waals surface area contributed by atoms with Crippen LogP contribution in [-0.2, 0) is 11.3 Å². The van der Waals surface area contributed by atoms with Gasteiger partial charge in [0.1, 0.15) is 12.0 Å². The third-order valence-corrected chi connectivity index (χ3v) is 5.06. The lowest BCUT2D eigenvalue weighted by Crippen LogP contribution is -2.46. The van der Waals surface area contributed by atoms with Gasteiger partial charge in [0.05, 0.1) is 18.4 Å². The first-order valence-corrected chi connectivity index (χ1v) is 9.79. The second-order valence-electron chi connectivity index (χ2n) is 7.30. The van der Waals surface area contributed by atoms with Crippen LogP contribution in [0.25, 0.3) is 0 Å². The van der Waals surface area contributed by atoms with Gasteiger partial charge in [-0.3, -0.25) is 4.79 Å². The summed E-state index contributed by atoms with van der Waals surface area (Å²) in [5, 5.41) is 9.39. The van der Waals surface area contributed by atoms with Gasteiger partial charge in [0.25, 0.3) is 0 Å². The average molecular weight is 417 g/mol. The molecule has 2 N–H and O–H groups in total. The Morgan fingerprint density at radius 1 is 1.26 bits per heavy atom. The van der Waals surface area contributed by atoms with Crippen molar-refractivity contribution in [2.45, 2.75) is 25.4 Å².